The number of carbonyl (C=O) groups is 1. The molecule has 0 radical (unpaired) electrons. The molecular weight excluding hydrogens is 356 g/mol. The van der Waals surface area contributed by atoms with Crippen molar-refractivity contribution in [3.8, 4) is 11.4 Å². The number of aromatic nitrogens is 3. The van der Waals surface area contributed by atoms with E-state index in [0.29, 0.717) is 0 Å². The van der Waals surface area contributed by atoms with Gasteiger partial charge >= 0.3 is 0 Å². The van der Waals surface area contributed by atoms with E-state index in [9.17, 15) is 4.79 Å². The van der Waals surface area contributed by atoms with E-state index in [0.717, 1.165) is 34.3 Å². The summed E-state index contributed by atoms with van der Waals surface area (Å²) in [4.78, 5) is 14.5. The van der Waals surface area contributed by atoms with Crippen molar-refractivity contribution in [1.29, 1.82) is 0 Å². The Bertz CT molecular complexity index is 923. The van der Waals surface area contributed by atoms with E-state index in [1.165, 1.54) is 11.8 Å². The molecule has 1 aromatic heterocycles. The van der Waals surface area contributed by atoms with Crippen LogP contribution in [0.4, 0.5) is 5.69 Å². The minimum Gasteiger partial charge on any atom is -0.315 e. The van der Waals surface area contributed by atoms with Gasteiger partial charge in [0.05, 0.1) is 5.25 Å². The van der Waals surface area contributed by atoms with Crippen LogP contribution in [0.5, 0.6) is 0 Å². The second-order valence-corrected chi connectivity index (χ2v) is 7.67. The molecule has 0 saturated heterocycles. The molecule has 3 rings (SSSR count). The number of nitrogens with zero attached hydrogens (tertiary/aromatic N) is 4. The highest BCUT2D eigenvalue weighted by Crippen LogP contribution is 2.29. The summed E-state index contributed by atoms with van der Waals surface area (Å²) in [5.41, 5.74) is 3.11. The number of hydrogen-bond acceptors (Lipinski definition) is 4. The first kappa shape index (κ1) is 19.2. The highest BCUT2D eigenvalue weighted by Gasteiger charge is 2.23. The van der Waals surface area contributed by atoms with Crippen LogP contribution in [-0.4, -0.2) is 33.0 Å². The molecule has 0 spiro atoms. The van der Waals surface area contributed by atoms with Crippen molar-refractivity contribution in [2.75, 3.05) is 11.9 Å². The van der Waals surface area contributed by atoms with E-state index in [2.05, 4.69) is 40.7 Å². The lowest BCUT2D eigenvalue weighted by Crippen LogP contribution is -2.33. The topological polar surface area (TPSA) is 51.0 Å². The number of amides is 1. The van der Waals surface area contributed by atoms with Gasteiger partial charge < -0.3 is 9.47 Å². The number of rotatable bonds is 6. The van der Waals surface area contributed by atoms with Crippen molar-refractivity contribution in [3.63, 3.8) is 0 Å². The lowest BCUT2D eigenvalue weighted by Gasteiger charge is -2.21. The van der Waals surface area contributed by atoms with Crippen molar-refractivity contribution in [3.05, 3.63) is 60.2 Å². The second-order valence-electron chi connectivity index (χ2n) is 6.36. The summed E-state index contributed by atoms with van der Waals surface area (Å²) >= 11 is 1.45. The molecule has 140 valence electrons. The first-order chi connectivity index (χ1) is 13.0. The molecule has 0 bridgehead atoms. The Hall–Kier alpha value is -2.60. The maximum Gasteiger partial charge on any atom is 0.240 e. The lowest BCUT2D eigenvalue weighted by atomic mass is 10.1. The minimum absolute atomic E-state index is 0.0364. The molecule has 27 heavy (non-hydrogen) atoms. The molecule has 3 aromatic rings. The summed E-state index contributed by atoms with van der Waals surface area (Å²) in [5, 5.41) is 9.26. The fraction of sp³-hybridized carbons (Fsp3) is 0.286. The van der Waals surface area contributed by atoms with Gasteiger partial charge in [0.1, 0.15) is 0 Å². The molecule has 0 N–H and O–H groups in total. The average molecular weight is 381 g/mol. The van der Waals surface area contributed by atoms with Gasteiger partial charge in [-0.15, -0.1) is 10.2 Å². The predicted molar refractivity (Wildman–Crippen MR) is 111 cm³/mol. The highest BCUT2D eigenvalue weighted by molar-refractivity contribution is 8.00. The fourth-order valence-electron chi connectivity index (χ4n) is 2.94. The number of thioether (sulfide) groups is 1. The highest BCUT2D eigenvalue weighted by atomic mass is 32.2. The van der Waals surface area contributed by atoms with Crippen molar-refractivity contribution >= 4 is 23.4 Å². The Morgan fingerprint density at radius 3 is 2.44 bits per heavy atom. The Morgan fingerprint density at radius 1 is 1.11 bits per heavy atom. The maximum absolute atomic E-state index is 12.8. The van der Waals surface area contributed by atoms with Crippen LogP contribution in [0.15, 0.2) is 59.8 Å². The molecule has 0 aliphatic rings. The van der Waals surface area contributed by atoms with Gasteiger partial charge in [-0.05, 0) is 38.5 Å². The summed E-state index contributed by atoms with van der Waals surface area (Å²) < 4.78 is 2.07. The summed E-state index contributed by atoms with van der Waals surface area (Å²) in [7, 11) is 1.80. The van der Waals surface area contributed by atoms with Gasteiger partial charge in [0, 0.05) is 24.8 Å². The third-order valence-electron chi connectivity index (χ3n) is 4.52. The zero-order valence-electron chi connectivity index (χ0n) is 16.1. The van der Waals surface area contributed by atoms with Gasteiger partial charge in [0.15, 0.2) is 11.0 Å². The summed E-state index contributed by atoms with van der Waals surface area (Å²) in [5.74, 6) is 0.878. The molecule has 1 amide bonds. The Balaban J connectivity index is 1.81. The number of para-hydroxylation sites is 1. The lowest BCUT2D eigenvalue weighted by molar-refractivity contribution is -0.117. The Kier molecular flexibility index (Phi) is 5.96. The first-order valence-corrected chi connectivity index (χ1v) is 9.89. The normalized spacial score (nSPS) is 12.0. The molecule has 0 fully saturated rings. The molecule has 2 aromatic carbocycles. The van der Waals surface area contributed by atoms with Crippen LogP contribution in [0.3, 0.4) is 0 Å². The molecule has 6 heteroatoms. The van der Waals surface area contributed by atoms with Crippen molar-refractivity contribution in [2.24, 2.45) is 0 Å². The summed E-state index contributed by atoms with van der Waals surface area (Å²) in [6, 6.07) is 17.8. The zero-order valence-corrected chi connectivity index (χ0v) is 16.9. The Morgan fingerprint density at radius 2 is 1.78 bits per heavy atom. The van der Waals surface area contributed by atoms with E-state index in [1.54, 1.807) is 11.9 Å². The predicted octanol–water partition coefficient (Wildman–Crippen LogP) is 4.42. The number of aryl methyl sites for hydroxylation is 1. The van der Waals surface area contributed by atoms with Crippen LogP contribution >= 0.6 is 11.8 Å². The van der Waals surface area contributed by atoms with E-state index in [4.69, 9.17) is 0 Å². The zero-order chi connectivity index (χ0) is 19.4. The van der Waals surface area contributed by atoms with E-state index >= 15 is 0 Å². The van der Waals surface area contributed by atoms with Crippen LogP contribution in [0, 0.1) is 6.92 Å². The van der Waals surface area contributed by atoms with Gasteiger partial charge in [-0.2, -0.15) is 0 Å². The van der Waals surface area contributed by atoms with Gasteiger partial charge in [-0.1, -0.05) is 54.2 Å². The third kappa shape index (κ3) is 4.06. The molecule has 0 aliphatic heterocycles. The number of carbonyl (C=O) groups excluding carboxylic acids is 1. The molecular formula is C21H24N4OS. The van der Waals surface area contributed by atoms with Crippen LogP contribution in [0.25, 0.3) is 11.4 Å². The fourth-order valence-corrected chi connectivity index (χ4v) is 3.95. The average Bonchev–Trinajstić information content (AvgIpc) is 3.10. The molecule has 1 heterocycles. The van der Waals surface area contributed by atoms with E-state index in [-0.39, 0.29) is 11.2 Å². The third-order valence-corrected chi connectivity index (χ3v) is 5.59. The monoisotopic (exact) mass is 380 g/mol. The largest absolute Gasteiger partial charge is 0.315 e. The molecule has 0 aliphatic carbocycles. The van der Waals surface area contributed by atoms with E-state index < -0.39 is 0 Å². The smallest absolute Gasteiger partial charge is 0.240 e. The van der Waals surface area contributed by atoms with Crippen molar-refractivity contribution in [2.45, 2.75) is 37.7 Å². The van der Waals surface area contributed by atoms with Gasteiger partial charge in [-0.3, -0.25) is 4.79 Å². The quantitative estimate of drug-likeness (QED) is 0.594. The van der Waals surface area contributed by atoms with Crippen LogP contribution in [0.1, 0.15) is 19.4 Å². The second kappa shape index (κ2) is 8.39. The van der Waals surface area contributed by atoms with Crippen molar-refractivity contribution in [1.82, 2.24) is 14.8 Å². The Labute approximate surface area is 164 Å². The number of hydrogen-bond donors (Lipinski definition) is 0. The minimum atomic E-state index is -0.269. The van der Waals surface area contributed by atoms with Gasteiger partial charge in [-0.25, -0.2) is 0 Å². The van der Waals surface area contributed by atoms with Crippen LogP contribution < -0.4 is 4.90 Å². The number of benzene rings is 2. The summed E-state index contributed by atoms with van der Waals surface area (Å²) in [6.07, 6.45) is 0. The standard InChI is InChI=1S/C21H24N4OS/c1-5-25-19(18-14-10-9-11-15(18)2)22-23-21(25)27-16(3)20(26)24(4)17-12-7-6-8-13-17/h6-14,16H,5H2,1-4H3. The first-order valence-electron chi connectivity index (χ1n) is 9.01. The summed E-state index contributed by atoms with van der Waals surface area (Å²) in [6.45, 7) is 6.79. The number of anilines is 1. The maximum atomic E-state index is 12.8. The molecule has 0 saturated carbocycles. The molecule has 5 nitrogen and oxygen atoms in total. The van der Waals surface area contributed by atoms with Crippen LogP contribution in [-0.2, 0) is 11.3 Å². The van der Waals surface area contributed by atoms with Gasteiger partial charge in [0.2, 0.25) is 5.91 Å². The molecule has 1 atom stereocenters. The van der Waals surface area contributed by atoms with Crippen LogP contribution in [0.2, 0.25) is 0 Å². The molecule has 1 unspecified atom stereocenters. The SMILES string of the molecule is CCn1c(SC(C)C(=O)N(C)c2ccccc2)nnc1-c1ccccc1C. The van der Waals surface area contributed by atoms with Crippen molar-refractivity contribution < 1.29 is 4.79 Å². The van der Waals surface area contributed by atoms with E-state index in [1.807, 2.05) is 49.4 Å². The van der Waals surface area contributed by atoms with Gasteiger partial charge in [0.25, 0.3) is 0 Å².